The molecule has 74 valence electrons. The van der Waals surface area contributed by atoms with E-state index >= 15 is 0 Å². The van der Waals surface area contributed by atoms with E-state index < -0.39 is 0 Å². The highest BCUT2D eigenvalue weighted by atomic mass is 16.5. The van der Waals surface area contributed by atoms with E-state index in [-0.39, 0.29) is 6.10 Å². The molecular formula is C12H15NO. The Balaban J connectivity index is 3.20. The van der Waals surface area contributed by atoms with E-state index in [1.807, 2.05) is 39.8 Å². The molecule has 0 amide bonds. The van der Waals surface area contributed by atoms with Gasteiger partial charge < -0.3 is 4.74 Å². The first-order chi connectivity index (χ1) is 6.54. The second-order valence-electron chi connectivity index (χ2n) is 3.74. The Bertz CT molecular complexity index is 375. The minimum Gasteiger partial charge on any atom is -0.489 e. The zero-order valence-corrected chi connectivity index (χ0v) is 9.09. The fourth-order valence-electron chi connectivity index (χ4n) is 1.43. The molecule has 0 aliphatic carbocycles. The third-order valence-corrected chi connectivity index (χ3v) is 1.89. The first-order valence-electron chi connectivity index (χ1n) is 4.72. The van der Waals surface area contributed by atoms with Crippen molar-refractivity contribution < 1.29 is 4.74 Å². The lowest BCUT2D eigenvalue weighted by Crippen LogP contribution is -2.08. The van der Waals surface area contributed by atoms with E-state index in [1.54, 1.807) is 0 Å². The molecule has 14 heavy (non-hydrogen) atoms. The van der Waals surface area contributed by atoms with Crippen LogP contribution in [0.1, 0.15) is 30.5 Å². The molecule has 1 rings (SSSR count). The maximum Gasteiger partial charge on any atom is 0.140 e. The number of benzene rings is 1. The highest BCUT2D eigenvalue weighted by molar-refractivity contribution is 5.50. The molecule has 0 unspecified atom stereocenters. The van der Waals surface area contributed by atoms with Crippen molar-refractivity contribution in [3.05, 3.63) is 28.8 Å². The summed E-state index contributed by atoms with van der Waals surface area (Å²) in [6, 6.07) is 6.04. The third kappa shape index (κ3) is 2.26. The van der Waals surface area contributed by atoms with Crippen molar-refractivity contribution in [1.82, 2.24) is 0 Å². The second kappa shape index (κ2) is 4.15. The maximum atomic E-state index is 8.95. The number of nitrogens with zero attached hydrogens (tertiary/aromatic N) is 1. The molecule has 0 radical (unpaired) electrons. The van der Waals surface area contributed by atoms with Gasteiger partial charge in [-0.25, -0.2) is 0 Å². The summed E-state index contributed by atoms with van der Waals surface area (Å²) in [5.74, 6) is 0.716. The summed E-state index contributed by atoms with van der Waals surface area (Å²) in [6.07, 6.45) is 0.100. The first-order valence-corrected chi connectivity index (χ1v) is 4.72. The van der Waals surface area contributed by atoms with Crippen molar-refractivity contribution in [3.63, 3.8) is 0 Å². The molecule has 0 fully saturated rings. The van der Waals surface area contributed by atoms with E-state index in [0.717, 1.165) is 11.1 Å². The zero-order valence-electron chi connectivity index (χ0n) is 9.09. The maximum absolute atomic E-state index is 8.95. The van der Waals surface area contributed by atoms with Crippen molar-refractivity contribution in [1.29, 1.82) is 5.26 Å². The average Bonchev–Trinajstić information content (AvgIpc) is 2.08. The van der Waals surface area contributed by atoms with Gasteiger partial charge in [-0.3, -0.25) is 0 Å². The number of hydrogen-bond acceptors (Lipinski definition) is 2. The summed E-state index contributed by atoms with van der Waals surface area (Å²) in [7, 11) is 0. The lowest BCUT2D eigenvalue weighted by atomic mass is 10.1. The predicted octanol–water partition coefficient (Wildman–Crippen LogP) is 2.96. The molecule has 1 aromatic carbocycles. The van der Waals surface area contributed by atoms with E-state index in [1.165, 1.54) is 0 Å². The number of ether oxygens (including phenoxy) is 1. The Morgan fingerprint density at radius 2 is 1.93 bits per heavy atom. The summed E-state index contributed by atoms with van der Waals surface area (Å²) in [5, 5.41) is 8.95. The van der Waals surface area contributed by atoms with Gasteiger partial charge in [-0.2, -0.15) is 5.26 Å². The van der Waals surface area contributed by atoms with E-state index in [0.29, 0.717) is 11.3 Å². The normalized spacial score (nSPS) is 10.0. The van der Waals surface area contributed by atoms with Crippen LogP contribution in [0, 0.1) is 25.2 Å². The van der Waals surface area contributed by atoms with Crippen LogP contribution >= 0.6 is 0 Å². The zero-order chi connectivity index (χ0) is 10.7. The number of rotatable bonds is 2. The molecule has 0 aromatic heterocycles. The predicted molar refractivity (Wildman–Crippen MR) is 56.4 cm³/mol. The van der Waals surface area contributed by atoms with Crippen molar-refractivity contribution in [2.45, 2.75) is 33.8 Å². The molecular weight excluding hydrogens is 174 g/mol. The van der Waals surface area contributed by atoms with Crippen LogP contribution in [0.3, 0.4) is 0 Å². The van der Waals surface area contributed by atoms with Gasteiger partial charge in [-0.05, 0) is 44.9 Å². The average molecular weight is 189 g/mol. The van der Waals surface area contributed by atoms with Gasteiger partial charge in [0.15, 0.2) is 0 Å². The molecule has 0 N–H and O–H groups in total. The van der Waals surface area contributed by atoms with Crippen LogP contribution in [-0.2, 0) is 0 Å². The smallest absolute Gasteiger partial charge is 0.140 e. The Kier molecular flexibility index (Phi) is 3.14. The largest absolute Gasteiger partial charge is 0.489 e. The first kappa shape index (κ1) is 10.6. The lowest BCUT2D eigenvalue weighted by molar-refractivity contribution is 0.240. The number of hydrogen-bond donors (Lipinski definition) is 0. The fourth-order valence-corrected chi connectivity index (χ4v) is 1.43. The monoisotopic (exact) mass is 189 g/mol. The van der Waals surface area contributed by atoms with Crippen LogP contribution in [0.15, 0.2) is 12.1 Å². The Morgan fingerprint density at radius 1 is 1.29 bits per heavy atom. The summed E-state index contributed by atoms with van der Waals surface area (Å²) >= 11 is 0. The Hall–Kier alpha value is -1.49. The quantitative estimate of drug-likeness (QED) is 0.716. The molecule has 0 heterocycles. The fraction of sp³-hybridized carbons (Fsp3) is 0.417. The van der Waals surface area contributed by atoms with Gasteiger partial charge >= 0.3 is 0 Å². The Morgan fingerprint density at radius 3 is 2.43 bits per heavy atom. The standard InChI is InChI=1S/C12H15NO/c1-8(2)14-12-10(4)5-9(3)6-11(12)7-13/h5-6,8H,1-4H3. The molecule has 0 aliphatic rings. The van der Waals surface area contributed by atoms with Gasteiger partial charge in [-0.15, -0.1) is 0 Å². The number of nitriles is 1. The lowest BCUT2D eigenvalue weighted by Gasteiger charge is -2.14. The van der Waals surface area contributed by atoms with Crippen LogP contribution < -0.4 is 4.74 Å². The summed E-state index contributed by atoms with van der Waals surface area (Å²) < 4.78 is 5.60. The molecule has 0 aliphatic heterocycles. The summed E-state index contributed by atoms with van der Waals surface area (Å²) in [6.45, 7) is 7.86. The van der Waals surface area contributed by atoms with Crippen LogP contribution in [0.2, 0.25) is 0 Å². The van der Waals surface area contributed by atoms with E-state index in [9.17, 15) is 0 Å². The van der Waals surface area contributed by atoms with Crippen LogP contribution in [0.4, 0.5) is 0 Å². The van der Waals surface area contributed by atoms with E-state index in [4.69, 9.17) is 10.00 Å². The van der Waals surface area contributed by atoms with Gasteiger partial charge in [0, 0.05) is 0 Å². The van der Waals surface area contributed by atoms with Crippen LogP contribution in [0.25, 0.3) is 0 Å². The van der Waals surface area contributed by atoms with Crippen molar-refractivity contribution in [2.24, 2.45) is 0 Å². The molecule has 2 heteroatoms. The van der Waals surface area contributed by atoms with Crippen molar-refractivity contribution >= 4 is 0 Å². The topological polar surface area (TPSA) is 33.0 Å². The van der Waals surface area contributed by atoms with Gasteiger partial charge in [0.2, 0.25) is 0 Å². The molecule has 0 saturated heterocycles. The van der Waals surface area contributed by atoms with Crippen LogP contribution in [-0.4, -0.2) is 6.10 Å². The molecule has 1 aromatic rings. The highest BCUT2D eigenvalue weighted by Gasteiger charge is 2.09. The van der Waals surface area contributed by atoms with Gasteiger partial charge in [-0.1, -0.05) is 6.07 Å². The van der Waals surface area contributed by atoms with Crippen molar-refractivity contribution in [3.8, 4) is 11.8 Å². The molecule has 0 atom stereocenters. The minimum absolute atomic E-state index is 0.100. The van der Waals surface area contributed by atoms with Crippen LogP contribution in [0.5, 0.6) is 5.75 Å². The third-order valence-electron chi connectivity index (χ3n) is 1.89. The minimum atomic E-state index is 0.100. The molecule has 2 nitrogen and oxygen atoms in total. The highest BCUT2D eigenvalue weighted by Crippen LogP contribution is 2.25. The molecule has 0 saturated carbocycles. The van der Waals surface area contributed by atoms with Gasteiger partial charge in [0.1, 0.15) is 11.8 Å². The second-order valence-corrected chi connectivity index (χ2v) is 3.74. The SMILES string of the molecule is Cc1cc(C)c(OC(C)C)c(C#N)c1. The van der Waals surface area contributed by atoms with E-state index in [2.05, 4.69) is 6.07 Å². The number of aryl methyl sites for hydroxylation is 2. The molecule has 0 bridgehead atoms. The Labute approximate surface area is 85.1 Å². The van der Waals surface area contributed by atoms with Crippen molar-refractivity contribution in [2.75, 3.05) is 0 Å². The van der Waals surface area contributed by atoms with Gasteiger partial charge in [0.05, 0.1) is 11.7 Å². The molecule has 0 spiro atoms. The summed E-state index contributed by atoms with van der Waals surface area (Å²) in [4.78, 5) is 0. The van der Waals surface area contributed by atoms with Gasteiger partial charge in [0.25, 0.3) is 0 Å². The summed E-state index contributed by atoms with van der Waals surface area (Å²) in [5.41, 5.74) is 2.74.